The van der Waals surface area contributed by atoms with Crippen LogP contribution >= 0.6 is 0 Å². The van der Waals surface area contributed by atoms with E-state index < -0.39 is 60.0 Å². The van der Waals surface area contributed by atoms with E-state index in [-0.39, 0.29) is 31.5 Å². The third-order valence-corrected chi connectivity index (χ3v) is 7.84. The highest BCUT2D eigenvalue weighted by atomic mass is 16.6. The summed E-state index contributed by atoms with van der Waals surface area (Å²) in [7, 11) is 0. The van der Waals surface area contributed by atoms with Gasteiger partial charge in [-0.2, -0.15) is 0 Å². The molecule has 4 fully saturated rings. The van der Waals surface area contributed by atoms with Gasteiger partial charge in [0.25, 0.3) is 0 Å². The molecule has 9 atom stereocenters. The van der Waals surface area contributed by atoms with E-state index in [0.717, 1.165) is 5.57 Å². The monoisotopic (exact) mass is 478 g/mol. The van der Waals surface area contributed by atoms with E-state index in [1.54, 1.807) is 0 Å². The van der Waals surface area contributed by atoms with Crippen LogP contribution in [0.1, 0.15) is 25.7 Å². The van der Waals surface area contributed by atoms with Crippen molar-refractivity contribution in [3.63, 3.8) is 0 Å². The number of carbonyl (C=O) groups is 3. The molecule has 10 nitrogen and oxygen atoms in total. The summed E-state index contributed by atoms with van der Waals surface area (Å²) < 4.78 is 11.0. The maximum atomic E-state index is 12.9. The Hall–Kier alpha value is -2.27. The zero-order valence-corrected chi connectivity index (χ0v) is 19.2. The van der Waals surface area contributed by atoms with Crippen molar-refractivity contribution in [2.75, 3.05) is 26.2 Å². The van der Waals surface area contributed by atoms with E-state index in [0.29, 0.717) is 37.8 Å². The number of rotatable bonds is 4. The lowest BCUT2D eigenvalue weighted by Crippen LogP contribution is -2.46. The molecule has 0 spiro atoms. The number of carboxylic acids is 1. The SMILES string of the molecule is C=C1[C@@H]2[C@H]3OC(=O)[C@@H](CNC4CCCNCC(C(=O)O)COC4=O)[C@@H]3[C@@H](O)CC(=C)[C@@H]2C[C@@H]1O. The number of ether oxygens (including phenoxy) is 2. The molecule has 0 bridgehead atoms. The molecule has 0 aromatic rings. The Bertz CT molecular complexity index is 860. The lowest BCUT2D eigenvalue weighted by molar-refractivity contribution is -0.153. The largest absolute Gasteiger partial charge is 0.481 e. The molecule has 0 radical (unpaired) electrons. The van der Waals surface area contributed by atoms with Crippen LogP contribution < -0.4 is 10.6 Å². The number of carboxylic acid groups (broad SMARTS) is 1. The highest BCUT2D eigenvalue weighted by molar-refractivity contribution is 5.78. The summed E-state index contributed by atoms with van der Waals surface area (Å²) in [6, 6.07) is -0.713. The normalized spacial score (nSPS) is 41.2. The van der Waals surface area contributed by atoms with Crippen molar-refractivity contribution in [1.82, 2.24) is 10.6 Å². The lowest BCUT2D eigenvalue weighted by atomic mass is 9.78. The van der Waals surface area contributed by atoms with Crippen LogP contribution in [-0.2, 0) is 23.9 Å². The number of carbonyl (C=O) groups excluding carboxylic acids is 2. The van der Waals surface area contributed by atoms with Crippen LogP contribution in [0, 0.1) is 29.6 Å². The van der Waals surface area contributed by atoms with Crippen LogP contribution in [0.2, 0.25) is 0 Å². The van der Waals surface area contributed by atoms with Crippen molar-refractivity contribution in [2.24, 2.45) is 29.6 Å². The molecule has 10 heteroatoms. The van der Waals surface area contributed by atoms with Crippen LogP contribution in [0.25, 0.3) is 0 Å². The highest BCUT2D eigenvalue weighted by Gasteiger charge is 2.57. The summed E-state index contributed by atoms with van der Waals surface area (Å²) in [5.41, 5.74) is 1.43. The molecule has 0 amide bonds. The molecule has 4 aliphatic rings. The van der Waals surface area contributed by atoms with Gasteiger partial charge in [0, 0.05) is 24.9 Å². The molecule has 2 aliphatic carbocycles. The Morgan fingerprint density at radius 3 is 2.71 bits per heavy atom. The molecule has 188 valence electrons. The fourth-order valence-electron chi connectivity index (χ4n) is 5.92. The topological polar surface area (TPSA) is 154 Å². The first-order valence-corrected chi connectivity index (χ1v) is 12.0. The molecule has 0 aromatic heterocycles. The van der Waals surface area contributed by atoms with Gasteiger partial charge >= 0.3 is 17.9 Å². The Morgan fingerprint density at radius 2 is 1.97 bits per heavy atom. The number of esters is 2. The van der Waals surface area contributed by atoms with E-state index in [1.807, 2.05) is 0 Å². The summed E-state index contributed by atoms with van der Waals surface area (Å²) in [6.45, 7) is 8.79. The van der Waals surface area contributed by atoms with E-state index in [1.165, 1.54) is 0 Å². The van der Waals surface area contributed by atoms with Crippen molar-refractivity contribution in [2.45, 2.75) is 50.0 Å². The molecule has 2 heterocycles. The van der Waals surface area contributed by atoms with Gasteiger partial charge in [-0.05, 0) is 43.7 Å². The second-order valence-corrected chi connectivity index (χ2v) is 9.95. The number of nitrogens with one attached hydrogen (secondary N) is 2. The van der Waals surface area contributed by atoms with Crippen molar-refractivity contribution < 1.29 is 39.2 Å². The van der Waals surface area contributed by atoms with Crippen LogP contribution in [0.3, 0.4) is 0 Å². The summed E-state index contributed by atoms with van der Waals surface area (Å²) in [4.78, 5) is 36.8. The molecular formula is C24H34N2O8. The van der Waals surface area contributed by atoms with Crippen molar-refractivity contribution in [1.29, 1.82) is 0 Å². The van der Waals surface area contributed by atoms with Crippen molar-refractivity contribution in [3.05, 3.63) is 24.3 Å². The quantitative estimate of drug-likeness (QED) is 0.266. The fourth-order valence-corrected chi connectivity index (χ4v) is 5.92. The standard InChI is InChI=1S/C24H34N2O8/c1-11-6-18(28)20-15(23(31)34-21(20)19-12(2)17(27)7-14(11)19)9-26-16-4-3-5-25-8-13(22(29)30)10-33-24(16)32/h13-21,25-28H,1-10H2,(H,29,30)/t13?,14-,15-,16?,17-,18-,19-,20+,21+/m0/s1. The van der Waals surface area contributed by atoms with Gasteiger partial charge < -0.3 is 35.4 Å². The second kappa shape index (κ2) is 10.2. The average Bonchev–Trinajstić information content (AvgIpc) is 3.23. The second-order valence-electron chi connectivity index (χ2n) is 9.95. The first-order chi connectivity index (χ1) is 16.2. The summed E-state index contributed by atoms with van der Waals surface area (Å²) in [5.74, 6) is -4.49. The van der Waals surface area contributed by atoms with Crippen LogP contribution in [0.5, 0.6) is 0 Å². The molecule has 5 N–H and O–H groups in total. The van der Waals surface area contributed by atoms with E-state index >= 15 is 0 Å². The lowest BCUT2D eigenvalue weighted by Gasteiger charge is -2.29. The molecule has 34 heavy (non-hydrogen) atoms. The maximum absolute atomic E-state index is 12.9. The Kier molecular flexibility index (Phi) is 7.42. The van der Waals surface area contributed by atoms with Crippen LogP contribution in [0.4, 0.5) is 0 Å². The number of fused-ring (bicyclic) bond motifs is 3. The Balaban J connectivity index is 1.46. The number of hydrogen-bond donors (Lipinski definition) is 5. The predicted molar refractivity (Wildman–Crippen MR) is 119 cm³/mol. The summed E-state index contributed by atoms with van der Waals surface area (Å²) in [5, 5.41) is 36.8. The van der Waals surface area contributed by atoms with Crippen molar-refractivity contribution >= 4 is 17.9 Å². The minimum Gasteiger partial charge on any atom is -0.481 e. The average molecular weight is 479 g/mol. The minimum atomic E-state index is -1.04. The molecular weight excluding hydrogens is 444 g/mol. The van der Waals surface area contributed by atoms with Gasteiger partial charge in [-0.3, -0.25) is 14.4 Å². The highest BCUT2D eigenvalue weighted by Crippen LogP contribution is 2.52. The first-order valence-electron chi connectivity index (χ1n) is 12.0. The number of aliphatic hydroxyl groups excluding tert-OH is 2. The van der Waals surface area contributed by atoms with Gasteiger partial charge in [0.05, 0.1) is 18.1 Å². The number of cyclic esters (lactones) is 1. The first kappa shape index (κ1) is 24.8. The number of aliphatic carboxylic acids is 1. The van der Waals surface area contributed by atoms with Gasteiger partial charge in [0.1, 0.15) is 24.7 Å². The molecule has 2 unspecified atom stereocenters. The van der Waals surface area contributed by atoms with Crippen LogP contribution in [-0.4, -0.2) is 83.8 Å². The smallest absolute Gasteiger partial charge is 0.323 e. The van der Waals surface area contributed by atoms with Gasteiger partial charge in [0.15, 0.2) is 0 Å². The third-order valence-electron chi connectivity index (χ3n) is 7.84. The van der Waals surface area contributed by atoms with E-state index in [9.17, 15) is 29.7 Å². The van der Waals surface area contributed by atoms with Gasteiger partial charge in [-0.15, -0.1) is 0 Å². The Morgan fingerprint density at radius 1 is 1.21 bits per heavy atom. The maximum Gasteiger partial charge on any atom is 0.323 e. The van der Waals surface area contributed by atoms with Crippen molar-refractivity contribution in [3.8, 4) is 0 Å². The number of hydrogen-bond acceptors (Lipinski definition) is 9. The summed E-state index contributed by atoms with van der Waals surface area (Å²) in [6.07, 6.45) is -0.320. The predicted octanol–water partition coefficient (Wildman–Crippen LogP) is -0.396. The third kappa shape index (κ3) is 4.77. The van der Waals surface area contributed by atoms with Gasteiger partial charge in [-0.1, -0.05) is 18.7 Å². The molecule has 2 saturated carbocycles. The Labute approximate surface area is 198 Å². The van der Waals surface area contributed by atoms with E-state index in [4.69, 9.17) is 9.47 Å². The van der Waals surface area contributed by atoms with E-state index in [2.05, 4.69) is 23.8 Å². The van der Waals surface area contributed by atoms with Gasteiger partial charge in [0.2, 0.25) is 0 Å². The zero-order valence-electron chi connectivity index (χ0n) is 19.2. The molecule has 0 aromatic carbocycles. The molecule has 4 rings (SSSR count). The zero-order chi connectivity index (χ0) is 24.6. The fraction of sp³-hybridized carbons (Fsp3) is 0.708. The minimum absolute atomic E-state index is 0.102. The summed E-state index contributed by atoms with van der Waals surface area (Å²) >= 11 is 0. The van der Waals surface area contributed by atoms with Crippen LogP contribution in [0.15, 0.2) is 24.3 Å². The number of aliphatic hydroxyl groups is 2. The molecule has 2 saturated heterocycles. The van der Waals surface area contributed by atoms with Gasteiger partial charge in [-0.25, -0.2) is 0 Å². The molecule has 2 aliphatic heterocycles.